The zero-order valence-electron chi connectivity index (χ0n) is 7.69. The largest absolute Gasteiger partial charge is 0.519 e. The molecule has 0 N–H and O–H groups in total. The van der Waals surface area contributed by atoms with Crippen molar-refractivity contribution < 1.29 is 9.22 Å². The van der Waals surface area contributed by atoms with E-state index in [1.807, 2.05) is 19.6 Å². The molecule has 0 rings (SSSR count). The lowest BCUT2D eigenvalue weighted by Crippen LogP contribution is -2.37. The Morgan fingerprint density at radius 3 is 1.82 bits per heavy atom. The van der Waals surface area contributed by atoms with Crippen molar-refractivity contribution in [1.82, 2.24) is 0 Å². The number of alkyl halides is 1. The molecular formula is C7H15ClO2Si. The van der Waals surface area contributed by atoms with Crippen molar-refractivity contribution in [3.63, 3.8) is 0 Å². The highest BCUT2D eigenvalue weighted by atomic mass is 35.5. The Hall–Kier alpha value is -0.0231. The first-order chi connectivity index (χ1) is 4.63. The first-order valence-corrected chi connectivity index (χ1v) is 7.34. The van der Waals surface area contributed by atoms with Crippen LogP contribution in [-0.2, 0) is 9.22 Å². The summed E-state index contributed by atoms with van der Waals surface area (Å²) in [6.45, 7) is 9.13. The second-order valence-corrected chi connectivity index (χ2v) is 9.35. The Morgan fingerprint density at radius 1 is 1.36 bits per heavy atom. The molecule has 0 atom stereocenters. The summed E-state index contributed by atoms with van der Waals surface area (Å²) in [5.41, 5.74) is 0. The van der Waals surface area contributed by atoms with Crippen LogP contribution in [0.4, 0.5) is 0 Å². The van der Waals surface area contributed by atoms with Crippen molar-refractivity contribution in [3.05, 3.63) is 0 Å². The molecule has 0 amide bonds. The number of carbonyl (C=O) groups excluding carboxylic acids is 1. The average molecular weight is 195 g/mol. The van der Waals surface area contributed by atoms with Crippen molar-refractivity contribution >= 4 is 25.9 Å². The molecule has 0 radical (unpaired) electrons. The Kier molecular flexibility index (Phi) is 3.14. The first-order valence-electron chi connectivity index (χ1n) is 3.55. The predicted octanol–water partition coefficient (Wildman–Crippen LogP) is 2.38. The molecule has 2 nitrogen and oxygen atoms in total. The van der Waals surface area contributed by atoms with Gasteiger partial charge in [0.2, 0.25) is 8.32 Å². The summed E-state index contributed by atoms with van der Waals surface area (Å²) in [7, 11) is -1.76. The van der Waals surface area contributed by atoms with E-state index in [9.17, 15) is 4.79 Å². The highest BCUT2D eigenvalue weighted by Crippen LogP contribution is 2.17. The molecule has 0 aromatic rings. The predicted molar refractivity (Wildman–Crippen MR) is 49.4 cm³/mol. The van der Waals surface area contributed by atoms with Gasteiger partial charge in [0, 0.05) is 0 Å². The zero-order valence-corrected chi connectivity index (χ0v) is 9.45. The van der Waals surface area contributed by atoms with Gasteiger partial charge in [0.25, 0.3) is 0 Å². The smallest absolute Gasteiger partial charge is 0.313 e. The van der Waals surface area contributed by atoms with Gasteiger partial charge in [-0.3, -0.25) is 4.79 Å². The molecule has 4 heteroatoms. The van der Waals surface area contributed by atoms with Gasteiger partial charge < -0.3 is 4.43 Å². The Bertz CT molecular complexity index is 155. The van der Waals surface area contributed by atoms with Gasteiger partial charge in [-0.2, -0.15) is 0 Å². The summed E-state index contributed by atoms with van der Waals surface area (Å²) in [6, 6.07) is 0. The second-order valence-electron chi connectivity index (χ2n) is 3.97. The van der Waals surface area contributed by atoms with E-state index in [0.29, 0.717) is 0 Å². The van der Waals surface area contributed by atoms with E-state index >= 15 is 0 Å². The fourth-order valence-corrected chi connectivity index (χ4v) is 1.31. The molecular weight excluding hydrogens is 180 g/mol. The standard InChI is InChI=1S/C7H15ClO2Si/c1-7(2,8)6(9)10-11(3,4)5/h1-5H3. The molecule has 0 aliphatic rings. The third-order valence-corrected chi connectivity index (χ3v) is 1.84. The van der Waals surface area contributed by atoms with Gasteiger partial charge in [-0.05, 0) is 33.5 Å². The van der Waals surface area contributed by atoms with E-state index in [4.69, 9.17) is 16.0 Å². The molecule has 0 unspecified atom stereocenters. The average Bonchev–Trinajstić information content (AvgIpc) is 1.56. The van der Waals surface area contributed by atoms with Gasteiger partial charge in [0.05, 0.1) is 0 Å². The molecule has 0 aromatic heterocycles. The highest BCUT2D eigenvalue weighted by molar-refractivity contribution is 6.71. The van der Waals surface area contributed by atoms with Crippen molar-refractivity contribution in [2.24, 2.45) is 0 Å². The normalized spacial score (nSPS) is 12.9. The summed E-state index contributed by atoms with van der Waals surface area (Å²) in [6.07, 6.45) is 0. The molecule has 0 spiro atoms. The van der Waals surface area contributed by atoms with Crippen molar-refractivity contribution in [1.29, 1.82) is 0 Å². The van der Waals surface area contributed by atoms with Crippen LogP contribution in [0.25, 0.3) is 0 Å². The van der Waals surface area contributed by atoms with Crippen LogP contribution in [-0.4, -0.2) is 19.2 Å². The van der Waals surface area contributed by atoms with Crippen LogP contribution in [0, 0.1) is 0 Å². The first kappa shape index (κ1) is 11.0. The lowest BCUT2D eigenvalue weighted by Gasteiger charge is -2.22. The lowest BCUT2D eigenvalue weighted by molar-refractivity contribution is -0.137. The summed E-state index contributed by atoms with van der Waals surface area (Å²) < 4.78 is 5.17. The molecule has 0 bridgehead atoms. The molecule has 0 saturated carbocycles. The van der Waals surface area contributed by atoms with E-state index in [-0.39, 0.29) is 5.97 Å². The van der Waals surface area contributed by atoms with Crippen molar-refractivity contribution in [2.45, 2.75) is 38.4 Å². The highest BCUT2D eigenvalue weighted by Gasteiger charge is 2.30. The van der Waals surface area contributed by atoms with E-state index in [1.54, 1.807) is 13.8 Å². The van der Waals surface area contributed by atoms with Gasteiger partial charge in [0.1, 0.15) is 4.87 Å². The maximum Gasteiger partial charge on any atom is 0.313 e. The lowest BCUT2D eigenvalue weighted by atomic mass is 10.2. The van der Waals surface area contributed by atoms with Gasteiger partial charge >= 0.3 is 5.97 Å². The summed E-state index contributed by atoms with van der Waals surface area (Å²) in [4.78, 5) is 10.3. The Morgan fingerprint density at radius 2 is 1.73 bits per heavy atom. The SMILES string of the molecule is CC(C)(Cl)C(=O)O[Si](C)(C)C. The molecule has 0 aromatic carbocycles. The van der Waals surface area contributed by atoms with Gasteiger partial charge in [0.15, 0.2) is 0 Å². The maximum atomic E-state index is 11.2. The van der Waals surface area contributed by atoms with E-state index in [1.165, 1.54) is 0 Å². The van der Waals surface area contributed by atoms with Gasteiger partial charge in [-0.15, -0.1) is 11.6 Å². The fourth-order valence-electron chi connectivity index (χ4n) is 0.399. The minimum absolute atomic E-state index is 0.321. The van der Waals surface area contributed by atoms with Crippen LogP contribution < -0.4 is 0 Å². The zero-order chi connectivity index (χ0) is 9.28. The number of hydrogen-bond acceptors (Lipinski definition) is 2. The summed E-state index contributed by atoms with van der Waals surface area (Å²) in [5.74, 6) is -0.321. The molecule has 0 heterocycles. The van der Waals surface area contributed by atoms with Gasteiger partial charge in [-0.25, -0.2) is 0 Å². The maximum absolute atomic E-state index is 11.2. The second kappa shape index (κ2) is 3.15. The minimum Gasteiger partial charge on any atom is -0.519 e. The molecule has 0 aliphatic heterocycles. The van der Waals surface area contributed by atoms with Crippen LogP contribution in [0.3, 0.4) is 0 Å². The van der Waals surface area contributed by atoms with E-state index in [0.717, 1.165) is 0 Å². The van der Waals surface area contributed by atoms with E-state index in [2.05, 4.69) is 0 Å². The Labute approximate surface area is 74.0 Å². The quantitative estimate of drug-likeness (QED) is 0.499. The Balaban J connectivity index is 4.11. The fraction of sp³-hybridized carbons (Fsp3) is 0.857. The minimum atomic E-state index is -1.76. The molecule has 11 heavy (non-hydrogen) atoms. The van der Waals surface area contributed by atoms with Crippen LogP contribution >= 0.6 is 11.6 Å². The molecule has 0 aliphatic carbocycles. The van der Waals surface area contributed by atoms with Crippen LogP contribution in [0.1, 0.15) is 13.8 Å². The third kappa shape index (κ3) is 5.27. The number of carbonyl (C=O) groups is 1. The number of hydrogen-bond donors (Lipinski definition) is 0. The molecule has 0 fully saturated rings. The third-order valence-electron chi connectivity index (χ3n) is 0.884. The topological polar surface area (TPSA) is 26.3 Å². The summed E-state index contributed by atoms with van der Waals surface area (Å²) in [5, 5.41) is 0. The monoisotopic (exact) mass is 194 g/mol. The number of rotatable bonds is 2. The number of halogens is 1. The molecule has 0 saturated heterocycles. The summed E-state index contributed by atoms with van der Waals surface area (Å²) >= 11 is 5.74. The van der Waals surface area contributed by atoms with Crippen molar-refractivity contribution in [3.8, 4) is 0 Å². The van der Waals surface area contributed by atoms with Gasteiger partial charge in [-0.1, -0.05) is 0 Å². The molecule has 66 valence electrons. The van der Waals surface area contributed by atoms with Crippen LogP contribution in [0.15, 0.2) is 0 Å². The van der Waals surface area contributed by atoms with Crippen LogP contribution in [0.5, 0.6) is 0 Å². The van der Waals surface area contributed by atoms with E-state index < -0.39 is 13.2 Å². The van der Waals surface area contributed by atoms with Crippen LogP contribution in [0.2, 0.25) is 19.6 Å². The van der Waals surface area contributed by atoms with Crippen molar-refractivity contribution in [2.75, 3.05) is 0 Å².